The second-order valence-corrected chi connectivity index (χ2v) is 11.2. The fourth-order valence-corrected chi connectivity index (χ4v) is 6.20. The molecule has 1 aromatic carbocycles. The van der Waals surface area contributed by atoms with Crippen LogP contribution in [0.4, 0.5) is 10.1 Å². The Bertz CT molecular complexity index is 1380. The van der Waals surface area contributed by atoms with Gasteiger partial charge in [-0.2, -0.15) is 17.4 Å². The highest BCUT2D eigenvalue weighted by Crippen LogP contribution is 2.36. The van der Waals surface area contributed by atoms with E-state index in [1.54, 1.807) is 24.4 Å². The summed E-state index contributed by atoms with van der Waals surface area (Å²) < 4.78 is 42.5. The topological polar surface area (TPSA) is 129 Å². The highest BCUT2D eigenvalue weighted by atomic mass is 35.5. The molecule has 0 saturated carbocycles. The molecule has 184 valence electrons. The lowest BCUT2D eigenvalue weighted by Gasteiger charge is -2.35. The number of thiophene rings is 1. The Morgan fingerprint density at radius 3 is 2.71 bits per heavy atom. The van der Waals surface area contributed by atoms with Crippen molar-refractivity contribution in [2.45, 2.75) is 24.9 Å². The Morgan fingerprint density at radius 2 is 2.06 bits per heavy atom. The van der Waals surface area contributed by atoms with E-state index in [9.17, 15) is 22.4 Å². The molecule has 1 aliphatic rings. The van der Waals surface area contributed by atoms with Crippen molar-refractivity contribution in [3.8, 4) is 10.4 Å². The monoisotopic (exact) mass is 538 g/mol. The number of nitrogens with one attached hydrogen (secondary N) is 2. The second-order valence-electron chi connectivity index (χ2n) is 7.87. The predicted molar refractivity (Wildman–Crippen MR) is 130 cm³/mol. The third-order valence-corrected chi connectivity index (χ3v) is 8.60. The third kappa shape index (κ3) is 5.68. The number of aliphatic carboxylic acids is 1. The Hall–Kier alpha value is -2.90. The van der Waals surface area contributed by atoms with Crippen LogP contribution in [0.3, 0.4) is 0 Å². The molecule has 3 N–H and O–H groups in total. The number of aromatic nitrogens is 1. The van der Waals surface area contributed by atoms with Gasteiger partial charge in [-0.1, -0.05) is 17.7 Å². The predicted octanol–water partition coefficient (Wildman–Crippen LogP) is 3.45. The summed E-state index contributed by atoms with van der Waals surface area (Å²) in [5.74, 6) is -2.17. The molecule has 2 unspecified atom stereocenters. The fourth-order valence-electron chi connectivity index (χ4n) is 3.62. The maximum Gasteiger partial charge on any atom is 0.309 e. The number of rotatable bonds is 6. The van der Waals surface area contributed by atoms with Crippen molar-refractivity contribution in [3.63, 3.8) is 0 Å². The molecule has 4 rings (SSSR count). The van der Waals surface area contributed by atoms with Gasteiger partial charge in [-0.25, -0.2) is 4.39 Å². The van der Waals surface area contributed by atoms with Gasteiger partial charge in [0.05, 0.1) is 23.2 Å². The number of hydrogen-bond acceptors (Lipinski definition) is 6. The average Bonchev–Trinajstić information content (AvgIpc) is 3.28. The summed E-state index contributed by atoms with van der Waals surface area (Å²) in [7, 11) is -2.65. The first-order valence-corrected chi connectivity index (χ1v) is 12.9. The number of benzene rings is 1. The van der Waals surface area contributed by atoms with Crippen LogP contribution in [-0.2, 0) is 26.2 Å². The van der Waals surface area contributed by atoms with E-state index in [0.717, 1.165) is 20.8 Å². The molecule has 0 aliphatic carbocycles. The van der Waals surface area contributed by atoms with Crippen LogP contribution in [-0.4, -0.2) is 47.8 Å². The number of carboxylic acids is 1. The molecular weight excluding hydrogens is 519 g/mol. The van der Waals surface area contributed by atoms with Crippen molar-refractivity contribution in [1.29, 1.82) is 0 Å². The third-order valence-electron chi connectivity index (χ3n) is 5.47. The first kappa shape index (κ1) is 25.2. The summed E-state index contributed by atoms with van der Waals surface area (Å²) in [5.41, 5.74) is 1.44. The number of amides is 1. The first-order valence-electron chi connectivity index (χ1n) is 10.3. The zero-order valence-electron chi connectivity index (χ0n) is 18.2. The van der Waals surface area contributed by atoms with Gasteiger partial charge in [0.25, 0.3) is 10.2 Å². The van der Waals surface area contributed by atoms with Crippen LogP contribution in [0.5, 0.6) is 0 Å². The lowest BCUT2D eigenvalue weighted by molar-refractivity contribution is -0.136. The molecule has 0 spiro atoms. The van der Waals surface area contributed by atoms with Crippen LogP contribution < -0.4 is 10.0 Å². The summed E-state index contributed by atoms with van der Waals surface area (Å²) in [4.78, 5) is 29.5. The Kier molecular flexibility index (Phi) is 7.20. The zero-order valence-corrected chi connectivity index (χ0v) is 20.6. The lowest BCUT2D eigenvalue weighted by atomic mass is 10.1. The van der Waals surface area contributed by atoms with Crippen molar-refractivity contribution in [2.24, 2.45) is 0 Å². The summed E-state index contributed by atoms with van der Waals surface area (Å²) in [6, 6.07) is 9.01. The minimum absolute atomic E-state index is 0.159. The van der Waals surface area contributed by atoms with Gasteiger partial charge in [0, 0.05) is 34.2 Å². The van der Waals surface area contributed by atoms with Crippen LogP contribution in [0.25, 0.3) is 10.4 Å². The normalized spacial score (nSPS) is 19.9. The largest absolute Gasteiger partial charge is 0.481 e. The number of halogens is 2. The number of nitrogens with zero attached hydrogens (tertiary/aromatic N) is 2. The van der Waals surface area contributed by atoms with E-state index in [1.165, 1.54) is 30.5 Å². The molecule has 13 heteroatoms. The van der Waals surface area contributed by atoms with Crippen molar-refractivity contribution in [1.82, 2.24) is 14.0 Å². The van der Waals surface area contributed by atoms with Gasteiger partial charge in [0.1, 0.15) is 11.9 Å². The van der Waals surface area contributed by atoms with E-state index in [2.05, 4.69) is 15.0 Å². The minimum atomic E-state index is -3.96. The smallest absolute Gasteiger partial charge is 0.309 e. The first-order chi connectivity index (χ1) is 16.5. The number of carbonyl (C=O) groups is 2. The maximum atomic E-state index is 13.4. The molecule has 2 aromatic heterocycles. The molecule has 3 aromatic rings. The molecule has 0 radical (unpaired) electrons. The van der Waals surface area contributed by atoms with E-state index >= 15 is 0 Å². The van der Waals surface area contributed by atoms with Crippen molar-refractivity contribution in [3.05, 3.63) is 70.1 Å². The standard InChI is InChI=1S/C22H20ClFN4O5S2/c1-28-18(22(31)26-14-4-5-16(24)15(23)8-14)10-17(27-35(28,32)33)20-7-6-19(34-20)12-2-3-13(25-11-12)9-21(29)30/h2-8,11,17-18,27H,9-10H2,1H3,(H,26,31)(H,29,30). The van der Waals surface area contributed by atoms with Crippen molar-refractivity contribution in [2.75, 3.05) is 12.4 Å². The number of anilines is 1. The number of carbonyl (C=O) groups excluding carboxylic acids is 1. The molecular formula is C22H20ClFN4O5S2. The summed E-state index contributed by atoms with van der Waals surface area (Å²) >= 11 is 7.11. The quantitative estimate of drug-likeness (QED) is 0.441. The Morgan fingerprint density at radius 1 is 1.29 bits per heavy atom. The van der Waals surface area contributed by atoms with Crippen LogP contribution >= 0.6 is 22.9 Å². The number of likely N-dealkylation sites (N-methyl/N-ethyl adjacent to an activating group) is 1. The van der Waals surface area contributed by atoms with E-state index in [4.69, 9.17) is 16.7 Å². The van der Waals surface area contributed by atoms with E-state index in [1.807, 2.05) is 6.07 Å². The van der Waals surface area contributed by atoms with Gasteiger partial charge >= 0.3 is 5.97 Å². The fraction of sp³-hybridized carbons (Fsp3) is 0.227. The van der Waals surface area contributed by atoms with Crippen LogP contribution in [0, 0.1) is 5.82 Å². The molecule has 1 amide bonds. The number of pyridine rings is 1. The molecule has 2 atom stereocenters. The molecule has 0 bridgehead atoms. The molecule has 1 aliphatic heterocycles. The summed E-state index contributed by atoms with van der Waals surface area (Å²) in [5, 5.41) is 11.3. The minimum Gasteiger partial charge on any atom is -0.481 e. The van der Waals surface area contributed by atoms with Crippen molar-refractivity contribution >= 4 is 50.7 Å². The maximum absolute atomic E-state index is 13.4. The molecule has 1 saturated heterocycles. The summed E-state index contributed by atoms with van der Waals surface area (Å²) in [6.45, 7) is 0. The van der Waals surface area contributed by atoms with Gasteiger partial charge in [-0.3, -0.25) is 14.6 Å². The van der Waals surface area contributed by atoms with Crippen LogP contribution in [0.1, 0.15) is 23.0 Å². The zero-order chi connectivity index (χ0) is 25.3. The molecule has 35 heavy (non-hydrogen) atoms. The number of hydrogen-bond donors (Lipinski definition) is 3. The Labute approximate surface area is 209 Å². The lowest BCUT2D eigenvalue weighted by Crippen LogP contribution is -2.55. The van der Waals surface area contributed by atoms with E-state index < -0.39 is 40.0 Å². The average molecular weight is 539 g/mol. The van der Waals surface area contributed by atoms with Gasteiger partial charge in [0.2, 0.25) is 5.91 Å². The van der Waals surface area contributed by atoms with Crippen LogP contribution in [0.15, 0.2) is 48.7 Å². The second kappa shape index (κ2) is 9.99. The number of carboxylic acid groups (broad SMARTS) is 1. The van der Waals surface area contributed by atoms with Gasteiger partial charge in [-0.15, -0.1) is 11.3 Å². The van der Waals surface area contributed by atoms with E-state index in [-0.39, 0.29) is 23.6 Å². The van der Waals surface area contributed by atoms with Gasteiger partial charge < -0.3 is 10.4 Å². The van der Waals surface area contributed by atoms with Crippen molar-refractivity contribution < 1.29 is 27.5 Å². The molecule has 1 fully saturated rings. The molecule has 3 heterocycles. The SMILES string of the molecule is CN1C(C(=O)Nc2ccc(F)c(Cl)c2)CC(c2ccc(-c3ccc(CC(=O)O)nc3)s2)NS1(=O)=O. The Balaban J connectivity index is 1.53. The summed E-state index contributed by atoms with van der Waals surface area (Å²) in [6.07, 6.45) is 1.55. The highest BCUT2D eigenvalue weighted by molar-refractivity contribution is 7.87. The van der Waals surface area contributed by atoms with Crippen LogP contribution in [0.2, 0.25) is 5.02 Å². The van der Waals surface area contributed by atoms with Gasteiger partial charge in [0.15, 0.2) is 0 Å². The van der Waals surface area contributed by atoms with E-state index in [0.29, 0.717) is 10.6 Å². The van der Waals surface area contributed by atoms with Gasteiger partial charge in [-0.05, 0) is 42.8 Å². The highest BCUT2D eigenvalue weighted by Gasteiger charge is 2.41. The molecule has 9 nitrogen and oxygen atoms in total.